The maximum Gasteiger partial charge on any atom is 0.102 e. The summed E-state index contributed by atoms with van der Waals surface area (Å²) in [5, 5.41) is 19.7. The number of aliphatic hydroxyl groups excluding tert-OH is 1. The number of nitrogens with zero attached hydrogens (tertiary/aromatic N) is 1. The fourth-order valence-electron chi connectivity index (χ4n) is 0.627. The summed E-state index contributed by atoms with van der Waals surface area (Å²) in [6.45, 7) is 0. The van der Waals surface area contributed by atoms with Crippen molar-refractivity contribution < 1.29 is 10.3 Å². The van der Waals surface area contributed by atoms with Gasteiger partial charge in [-0.15, -0.1) is 0 Å². The second-order valence-electron chi connectivity index (χ2n) is 1.82. The number of allylic oxidation sites excluding steroid dienone is 5. The summed E-state index contributed by atoms with van der Waals surface area (Å²) in [4.78, 5) is 0. The molecule has 0 bridgehead atoms. The molecule has 0 unspecified atom stereocenters. The molecule has 0 radical (unpaired) electrons. The average molecular weight is 137 g/mol. The van der Waals surface area contributed by atoms with Gasteiger partial charge >= 0.3 is 0 Å². The lowest BCUT2D eigenvalue weighted by molar-refractivity contribution is 0.320. The van der Waals surface area contributed by atoms with Crippen LogP contribution in [0.25, 0.3) is 0 Å². The number of aliphatic hydroxyl groups is 1. The molecule has 0 aromatic rings. The minimum Gasteiger partial charge on any atom is -0.515 e. The molecule has 0 aliphatic heterocycles. The second kappa shape index (κ2) is 2.87. The first-order valence-corrected chi connectivity index (χ1v) is 2.79. The topological polar surface area (TPSA) is 52.8 Å². The van der Waals surface area contributed by atoms with E-state index in [0.29, 0.717) is 11.3 Å². The Balaban J connectivity index is 2.81. The van der Waals surface area contributed by atoms with Crippen LogP contribution < -0.4 is 0 Å². The molecule has 2 N–H and O–H groups in total. The van der Waals surface area contributed by atoms with Gasteiger partial charge in [0.2, 0.25) is 0 Å². The highest BCUT2D eigenvalue weighted by Gasteiger charge is 1.95. The molecule has 0 fully saturated rings. The molecule has 1 aliphatic rings. The molecule has 0 aromatic heterocycles. The van der Waals surface area contributed by atoms with E-state index in [1.54, 1.807) is 24.3 Å². The van der Waals surface area contributed by atoms with Crippen LogP contribution in [0.4, 0.5) is 0 Å². The largest absolute Gasteiger partial charge is 0.515 e. The predicted octanol–water partition coefficient (Wildman–Crippen LogP) is 1.38. The van der Waals surface area contributed by atoms with E-state index < -0.39 is 0 Å². The van der Waals surface area contributed by atoms with Gasteiger partial charge < -0.3 is 10.3 Å². The highest BCUT2D eigenvalue weighted by molar-refractivity contribution is 6.05. The number of rotatable bonds is 0. The Bertz CT molecular complexity index is 194. The van der Waals surface area contributed by atoms with E-state index in [1.807, 2.05) is 0 Å². The molecule has 0 amide bonds. The summed E-state index contributed by atoms with van der Waals surface area (Å²) in [7, 11) is 0. The molecule has 0 saturated heterocycles. The highest BCUT2D eigenvalue weighted by Crippen LogP contribution is 2.04. The summed E-state index contributed by atoms with van der Waals surface area (Å²) >= 11 is 0. The molecular weight excluding hydrogens is 130 g/mol. The minimum atomic E-state index is 0.477. The Morgan fingerprint density at radius 1 is 1.20 bits per heavy atom. The minimum absolute atomic E-state index is 0.477. The van der Waals surface area contributed by atoms with E-state index in [2.05, 4.69) is 5.16 Å². The van der Waals surface area contributed by atoms with Gasteiger partial charge in [0.25, 0.3) is 0 Å². The van der Waals surface area contributed by atoms with Crippen molar-refractivity contribution in [3.8, 4) is 0 Å². The predicted molar refractivity (Wildman–Crippen MR) is 38.2 cm³/mol. The molecule has 0 atom stereocenters. The molecule has 0 spiro atoms. The zero-order valence-electron chi connectivity index (χ0n) is 5.23. The Morgan fingerprint density at radius 3 is 2.20 bits per heavy atom. The summed E-state index contributed by atoms with van der Waals surface area (Å²) in [5.74, 6) is 0. The van der Waals surface area contributed by atoms with Gasteiger partial charge in [-0.25, -0.2) is 0 Å². The van der Waals surface area contributed by atoms with E-state index in [-0.39, 0.29) is 0 Å². The molecule has 52 valence electrons. The lowest BCUT2D eigenvalue weighted by Crippen LogP contribution is -1.92. The Kier molecular flexibility index (Phi) is 1.89. The van der Waals surface area contributed by atoms with Gasteiger partial charge in [-0.2, -0.15) is 0 Å². The first-order valence-electron chi connectivity index (χ1n) is 2.79. The molecule has 1 aliphatic carbocycles. The van der Waals surface area contributed by atoms with E-state index >= 15 is 0 Å². The van der Waals surface area contributed by atoms with Crippen molar-refractivity contribution in [2.75, 3.05) is 0 Å². The Hall–Kier alpha value is -1.51. The van der Waals surface area contributed by atoms with Gasteiger partial charge in [0.1, 0.15) is 5.71 Å². The van der Waals surface area contributed by atoms with Crippen molar-refractivity contribution >= 4 is 5.71 Å². The SMILES string of the molecule is OC=C1C=CC(=NO)C=C1. The first-order chi connectivity index (χ1) is 4.86. The van der Waals surface area contributed by atoms with Crippen molar-refractivity contribution in [2.45, 2.75) is 0 Å². The van der Waals surface area contributed by atoms with E-state index in [0.717, 1.165) is 6.26 Å². The molecule has 0 aromatic carbocycles. The van der Waals surface area contributed by atoms with Crippen LogP contribution in [0.5, 0.6) is 0 Å². The monoisotopic (exact) mass is 137 g/mol. The second-order valence-corrected chi connectivity index (χ2v) is 1.82. The van der Waals surface area contributed by atoms with Crippen LogP contribution in [0.1, 0.15) is 0 Å². The Labute approximate surface area is 58.3 Å². The van der Waals surface area contributed by atoms with Crippen molar-refractivity contribution in [3.63, 3.8) is 0 Å². The lowest BCUT2D eigenvalue weighted by Gasteiger charge is -1.97. The summed E-state index contributed by atoms with van der Waals surface area (Å²) in [5.41, 5.74) is 1.16. The normalized spacial score (nSPS) is 15.6. The van der Waals surface area contributed by atoms with Crippen molar-refractivity contribution in [1.82, 2.24) is 0 Å². The van der Waals surface area contributed by atoms with E-state index in [9.17, 15) is 0 Å². The van der Waals surface area contributed by atoms with Crippen LogP contribution in [0, 0.1) is 0 Å². The van der Waals surface area contributed by atoms with Gasteiger partial charge in [-0.3, -0.25) is 0 Å². The zero-order chi connectivity index (χ0) is 7.40. The fourth-order valence-corrected chi connectivity index (χ4v) is 0.627. The molecule has 3 heteroatoms. The van der Waals surface area contributed by atoms with Crippen LogP contribution in [0.2, 0.25) is 0 Å². The van der Waals surface area contributed by atoms with Crippen molar-refractivity contribution in [3.05, 3.63) is 36.1 Å². The van der Waals surface area contributed by atoms with Crippen LogP contribution in [0.15, 0.2) is 41.3 Å². The molecule has 3 nitrogen and oxygen atoms in total. The van der Waals surface area contributed by atoms with Gasteiger partial charge in [0, 0.05) is 5.57 Å². The first kappa shape index (κ1) is 6.61. The number of hydrogen-bond donors (Lipinski definition) is 2. The highest BCUT2D eigenvalue weighted by atomic mass is 16.4. The fraction of sp³-hybridized carbons (Fsp3) is 0. The Morgan fingerprint density at radius 2 is 1.80 bits per heavy atom. The molecular formula is C7H7NO2. The van der Waals surface area contributed by atoms with Crippen LogP contribution in [-0.2, 0) is 0 Å². The molecule has 0 saturated carbocycles. The van der Waals surface area contributed by atoms with Crippen LogP contribution >= 0.6 is 0 Å². The third kappa shape index (κ3) is 1.25. The molecule has 1 rings (SSSR count). The standard InChI is InChI=1S/C7H7NO2/c9-5-6-1-3-7(8-10)4-2-6/h1-5,9-10H. The smallest absolute Gasteiger partial charge is 0.102 e. The third-order valence-corrected chi connectivity index (χ3v) is 1.16. The number of hydrogen-bond acceptors (Lipinski definition) is 3. The summed E-state index contributed by atoms with van der Waals surface area (Å²) in [6, 6.07) is 0. The van der Waals surface area contributed by atoms with E-state index in [1.165, 1.54) is 0 Å². The van der Waals surface area contributed by atoms with Crippen LogP contribution in [-0.4, -0.2) is 16.0 Å². The van der Waals surface area contributed by atoms with Gasteiger partial charge in [0.15, 0.2) is 0 Å². The molecule has 0 heterocycles. The maximum atomic E-state index is 8.48. The lowest BCUT2D eigenvalue weighted by atomic mass is 10.1. The average Bonchev–Trinajstić information content (AvgIpc) is 2.05. The van der Waals surface area contributed by atoms with Crippen LogP contribution in [0.3, 0.4) is 0 Å². The molecule has 10 heavy (non-hydrogen) atoms. The van der Waals surface area contributed by atoms with Crippen molar-refractivity contribution in [1.29, 1.82) is 0 Å². The third-order valence-electron chi connectivity index (χ3n) is 1.16. The van der Waals surface area contributed by atoms with Gasteiger partial charge in [-0.1, -0.05) is 5.16 Å². The number of oxime groups is 1. The van der Waals surface area contributed by atoms with Gasteiger partial charge in [0.05, 0.1) is 6.26 Å². The maximum absolute atomic E-state index is 8.48. The summed E-state index contributed by atoms with van der Waals surface area (Å²) < 4.78 is 0. The van der Waals surface area contributed by atoms with E-state index in [4.69, 9.17) is 10.3 Å². The summed E-state index contributed by atoms with van der Waals surface area (Å²) in [6.07, 6.45) is 7.48. The quantitative estimate of drug-likeness (QED) is 0.301. The van der Waals surface area contributed by atoms with Crippen molar-refractivity contribution in [2.24, 2.45) is 5.16 Å². The van der Waals surface area contributed by atoms with Gasteiger partial charge in [-0.05, 0) is 24.3 Å². The zero-order valence-corrected chi connectivity index (χ0v) is 5.23.